The van der Waals surface area contributed by atoms with E-state index in [1.807, 2.05) is 36.0 Å². The zero-order valence-electron chi connectivity index (χ0n) is 19.3. The molecule has 1 saturated heterocycles. The number of benzene rings is 1. The summed E-state index contributed by atoms with van der Waals surface area (Å²) < 4.78 is 2.00. The van der Waals surface area contributed by atoms with Gasteiger partial charge in [0, 0.05) is 44.0 Å². The molecule has 2 aromatic rings. The zero-order valence-corrected chi connectivity index (χ0v) is 19.3. The fourth-order valence-electron chi connectivity index (χ4n) is 4.40. The van der Waals surface area contributed by atoms with Crippen molar-refractivity contribution in [1.82, 2.24) is 20.4 Å². The van der Waals surface area contributed by atoms with Gasteiger partial charge in [0.15, 0.2) is 5.96 Å². The minimum atomic E-state index is 0.281. The van der Waals surface area contributed by atoms with Gasteiger partial charge in [-0.05, 0) is 44.7 Å². The van der Waals surface area contributed by atoms with Crippen LogP contribution in [0.4, 0.5) is 5.69 Å². The SMILES string of the molecule is CCNC(=NCc1c(CC)nn(C)c1CC)NC1CCCN(c2ccccc2C#N)C1. The van der Waals surface area contributed by atoms with Crippen molar-refractivity contribution >= 4 is 11.6 Å². The summed E-state index contributed by atoms with van der Waals surface area (Å²) in [4.78, 5) is 7.22. The topological polar surface area (TPSA) is 81.3 Å². The number of anilines is 1. The number of rotatable bonds is 7. The van der Waals surface area contributed by atoms with E-state index in [1.165, 1.54) is 11.3 Å². The molecule has 0 spiro atoms. The Balaban J connectivity index is 1.73. The van der Waals surface area contributed by atoms with Gasteiger partial charge in [-0.1, -0.05) is 26.0 Å². The lowest BCUT2D eigenvalue weighted by atomic mass is 10.0. The Kier molecular flexibility index (Phi) is 7.94. The molecular weight excluding hydrogens is 386 g/mol. The average molecular weight is 422 g/mol. The fraction of sp³-hybridized carbons (Fsp3) is 0.542. The van der Waals surface area contributed by atoms with Gasteiger partial charge in [-0.15, -0.1) is 0 Å². The minimum Gasteiger partial charge on any atom is -0.368 e. The number of nitrogens with one attached hydrogen (secondary N) is 2. The average Bonchev–Trinajstić information content (AvgIpc) is 3.12. The van der Waals surface area contributed by atoms with Gasteiger partial charge in [0.1, 0.15) is 6.07 Å². The van der Waals surface area contributed by atoms with Crippen molar-refractivity contribution in [2.24, 2.45) is 12.0 Å². The number of aromatic nitrogens is 2. The first kappa shape index (κ1) is 22.7. The van der Waals surface area contributed by atoms with Gasteiger partial charge in [0.05, 0.1) is 23.5 Å². The smallest absolute Gasteiger partial charge is 0.191 e. The van der Waals surface area contributed by atoms with E-state index in [0.29, 0.717) is 6.54 Å². The van der Waals surface area contributed by atoms with E-state index < -0.39 is 0 Å². The maximum Gasteiger partial charge on any atom is 0.191 e. The van der Waals surface area contributed by atoms with Crippen molar-refractivity contribution in [2.45, 2.75) is 59.0 Å². The van der Waals surface area contributed by atoms with Crippen LogP contribution in [0.25, 0.3) is 0 Å². The first-order valence-electron chi connectivity index (χ1n) is 11.4. The van der Waals surface area contributed by atoms with Crippen LogP contribution in [-0.4, -0.2) is 41.4 Å². The van der Waals surface area contributed by atoms with E-state index in [1.54, 1.807) is 0 Å². The highest BCUT2D eigenvalue weighted by Crippen LogP contribution is 2.23. The second-order valence-corrected chi connectivity index (χ2v) is 7.96. The van der Waals surface area contributed by atoms with Crippen molar-refractivity contribution in [3.63, 3.8) is 0 Å². The van der Waals surface area contributed by atoms with Gasteiger partial charge >= 0.3 is 0 Å². The summed E-state index contributed by atoms with van der Waals surface area (Å²) in [6, 6.07) is 10.5. The summed E-state index contributed by atoms with van der Waals surface area (Å²) in [5, 5.41) is 21.2. The molecule has 31 heavy (non-hydrogen) atoms. The van der Waals surface area contributed by atoms with Gasteiger partial charge in [0.25, 0.3) is 0 Å². The van der Waals surface area contributed by atoms with Gasteiger partial charge < -0.3 is 15.5 Å². The highest BCUT2D eigenvalue weighted by Gasteiger charge is 2.22. The van der Waals surface area contributed by atoms with Crippen molar-refractivity contribution in [2.75, 3.05) is 24.5 Å². The minimum absolute atomic E-state index is 0.281. The predicted molar refractivity (Wildman–Crippen MR) is 126 cm³/mol. The van der Waals surface area contributed by atoms with Crippen LogP contribution in [-0.2, 0) is 26.4 Å². The summed E-state index contributed by atoms with van der Waals surface area (Å²) in [6.07, 6.45) is 4.04. The molecule has 166 valence electrons. The monoisotopic (exact) mass is 421 g/mol. The number of hydrogen-bond acceptors (Lipinski definition) is 4. The summed E-state index contributed by atoms with van der Waals surface area (Å²) in [5.41, 5.74) is 5.40. The first-order valence-corrected chi connectivity index (χ1v) is 11.4. The molecule has 7 nitrogen and oxygen atoms in total. The first-order chi connectivity index (χ1) is 15.1. The fourth-order valence-corrected chi connectivity index (χ4v) is 4.40. The van der Waals surface area contributed by atoms with E-state index in [2.05, 4.69) is 47.5 Å². The Morgan fingerprint density at radius 1 is 1.26 bits per heavy atom. The predicted octanol–water partition coefficient (Wildman–Crippen LogP) is 3.14. The second-order valence-electron chi connectivity index (χ2n) is 7.96. The molecule has 7 heteroatoms. The second kappa shape index (κ2) is 10.9. The van der Waals surface area contributed by atoms with Crippen molar-refractivity contribution in [3.8, 4) is 6.07 Å². The number of nitriles is 1. The van der Waals surface area contributed by atoms with Gasteiger partial charge in [-0.3, -0.25) is 4.68 Å². The lowest BCUT2D eigenvalue weighted by molar-refractivity contribution is 0.468. The molecule has 2 N–H and O–H groups in total. The lowest BCUT2D eigenvalue weighted by Crippen LogP contribution is -2.51. The third-order valence-corrected chi connectivity index (χ3v) is 5.89. The Hall–Kier alpha value is -3.01. The Bertz CT molecular complexity index is 938. The van der Waals surface area contributed by atoms with E-state index in [-0.39, 0.29) is 6.04 Å². The highest BCUT2D eigenvalue weighted by atomic mass is 15.3. The lowest BCUT2D eigenvalue weighted by Gasteiger charge is -2.35. The van der Waals surface area contributed by atoms with Crippen LogP contribution in [0.3, 0.4) is 0 Å². The molecular formula is C24H35N7. The third-order valence-electron chi connectivity index (χ3n) is 5.89. The number of piperidine rings is 1. The summed E-state index contributed by atoms with van der Waals surface area (Å²) in [7, 11) is 2.02. The van der Waals surface area contributed by atoms with Crippen LogP contribution in [0.1, 0.15) is 56.1 Å². The summed E-state index contributed by atoms with van der Waals surface area (Å²) >= 11 is 0. The molecule has 0 aliphatic carbocycles. The normalized spacial score (nSPS) is 16.8. The van der Waals surface area contributed by atoms with Crippen molar-refractivity contribution in [3.05, 3.63) is 46.8 Å². The Morgan fingerprint density at radius 2 is 2.06 bits per heavy atom. The van der Waals surface area contributed by atoms with Crippen molar-refractivity contribution in [1.29, 1.82) is 5.26 Å². The maximum absolute atomic E-state index is 9.47. The zero-order chi connectivity index (χ0) is 22.2. The molecule has 3 rings (SSSR count). The number of para-hydroxylation sites is 1. The van der Waals surface area contributed by atoms with Crippen molar-refractivity contribution < 1.29 is 0 Å². The molecule has 2 heterocycles. The van der Waals surface area contributed by atoms with E-state index in [9.17, 15) is 5.26 Å². The van der Waals surface area contributed by atoms with Crippen LogP contribution in [0.5, 0.6) is 0 Å². The molecule has 1 unspecified atom stereocenters. The van der Waals surface area contributed by atoms with E-state index in [4.69, 9.17) is 4.99 Å². The summed E-state index contributed by atoms with van der Waals surface area (Å²) in [6.45, 7) is 9.68. The number of aliphatic imine (C=N–C) groups is 1. The largest absolute Gasteiger partial charge is 0.368 e. The van der Waals surface area contributed by atoms with Gasteiger partial charge in [-0.25, -0.2) is 4.99 Å². The maximum atomic E-state index is 9.47. The van der Waals surface area contributed by atoms with Crippen LogP contribution >= 0.6 is 0 Å². The van der Waals surface area contributed by atoms with Crippen LogP contribution in [0, 0.1) is 11.3 Å². The van der Waals surface area contributed by atoms with Gasteiger partial charge in [-0.2, -0.15) is 10.4 Å². The van der Waals surface area contributed by atoms with E-state index in [0.717, 1.165) is 68.2 Å². The molecule has 0 radical (unpaired) electrons. The molecule has 1 atom stereocenters. The highest BCUT2D eigenvalue weighted by molar-refractivity contribution is 5.80. The third kappa shape index (κ3) is 5.38. The molecule has 0 saturated carbocycles. The van der Waals surface area contributed by atoms with Crippen LogP contribution in [0.2, 0.25) is 0 Å². The molecule has 1 aromatic carbocycles. The number of guanidine groups is 1. The van der Waals surface area contributed by atoms with Gasteiger partial charge in [0.2, 0.25) is 0 Å². The standard InChI is InChI=1S/C24H35N7/c1-5-21-20(22(6-2)30(4)29-21)16-27-24(26-7-3)28-19-12-10-14-31(17-19)23-13-9-8-11-18(23)15-25/h8-9,11,13,19H,5-7,10,12,14,16-17H2,1-4H3,(H2,26,27,28). The van der Waals surface area contributed by atoms with Crippen LogP contribution < -0.4 is 15.5 Å². The number of hydrogen-bond donors (Lipinski definition) is 2. The molecule has 1 fully saturated rings. The number of aryl methyl sites for hydroxylation is 2. The molecule has 1 aliphatic rings. The van der Waals surface area contributed by atoms with Crippen LogP contribution in [0.15, 0.2) is 29.3 Å². The molecule has 1 aliphatic heterocycles. The summed E-state index contributed by atoms with van der Waals surface area (Å²) in [5.74, 6) is 0.843. The Morgan fingerprint density at radius 3 is 2.77 bits per heavy atom. The quantitative estimate of drug-likeness (QED) is 0.530. The Labute approximate surface area is 186 Å². The van der Waals surface area contributed by atoms with E-state index >= 15 is 0 Å². The number of nitrogens with zero attached hydrogens (tertiary/aromatic N) is 5. The molecule has 0 amide bonds. The molecule has 0 bridgehead atoms. The molecule has 1 aromatic heterocycles.